The van der Waals surface area contributed by atoms with Crippen molar-refractivity contribution in [2.75, 3.05) is 53.5 Å². The molecule has 41 heteroatoms. The van der Waals surface area contributed by atoms with Crippen LogP contribution in [0.1, 0.15) is 18.9 Å². The molecule has 80 heavy (non-hydrogen) atoms. The van der Waals surface area contributed by atoms with E-state index in [1.54, 1.807) is 24.3 Å². The van der Waals surface area contributed by atoms with Gasteiger partial charge in [-0.15, -0.1) is 0 Å². The molecule has 438 valence electrons. The molecule has 4 unspecified atom stereocenters. The second-order valence-corrected chi connectivity index (χ2v) is 24.6. The number of H-pyrrole nitrogens is 1. The van der Waals surface area contributed by atoms with Crippen molar-refractivity contribution in [3.63, 3.8) is 0 Å². The Balaban J connectivity index is 1.00. The van der Waals surface area contributed by atoms with Gasteiger partial charge in [0.1, 0.15) is 24.4 Å². The van der Waals surface area contributed by atoms with E-state index in [9.17, 15) is 80.4 Å². The number of benzene rings is 2. The Bertz CT molecular complexity index is 3300. The number of para-hydroxylation sites is 2. The number of phosphoric acid groups is 4. The average molecular weight is 1250 g/mol. The van der Waals surface area contributed by atoms with E-state index >= 15 is 0 Å². The summed E-state index contributed by atoms with van der Waals surface area (Å²) in [5.74, 6) is 0.204. The van der Waals surface area contributed by atoms with Crippen molar-refractivity contribution in [1.29, 1.82) is 0 Å². The zero-order valence-corrected chi connectivity index (χ0v) is 45.7. The van der Waals surface area contributed by atoms with Gasteiger partial charge in [0.2, 0.25) is 0 Å². The zero-order chi connectivity index (χ0) is 58.2. The number of carbonyl (C=O) groups excluding carboxylic acids is 2. The molecule has 0 spiro atoms. The minimum absolute atomic E-state index is 0.0613. The number of nitrogens with one attached hydrogen (secondary N) is 4. The maximum atomic E-state index is 13.3. The van der Waals surface area contributed by atoms with Crippen molar-refractivity contribution in [3.8, 4) is 0 Å². The average Bonchev–Trinajstić information content (AvgIpc) is 4.02. The van der Waals surface area contributed by atoms with E-state index in [4.69, 9.17) is 23.5 Å². The van der Waals surface area contributed by atoms with E-state index in [0.29, 0.717) is 28.6 Å². The van der Waals surface area contributed by atoms with Crippen molar-refractivity contribution < 1.29 is 112 Å². The highest BCUT2D eigenvalue weighted by atomic mass is 32.2. The number of imidazole rings is 1. The van der Waals surface area contributed by atoms with Gasteiger partial charge in [-0.3, -0.25) is 38.6 Å². The molecule has 2 aliphatic heterocycles. The molecular formula is C39H46F3N9O23P4S2. The SMILES string of the molecule is CSCCNc1nc(SCCC(F)(F)F)nc2c1ncn2[C@@H]1O[C@H](COP(=O)(O)OP(=O)(O)OP(=O)(O)OP(=O)(O)OC[C@H]2O[C@@H](n3ccc(=O)[nH]c3=O)[C@H](OC(=O)Nc3ccccc3)[C@@H]2OC(=O)Nc2ccccc2)[C@@H](O)[C@H]1O. The van der Waals surface area contributed by atoms with Crippen molar-refractivity contribution in [1.82, 2.24) is 29.1 Å². The molecule has 2 saturated heterocycles. The third kappa shape index (κ3) is 17.5. The van der Waals surface area contributed by atoms with Gasteiger partial charge in [0.15, 0.2) is 46.8 Å². The molecule has 0 radical (unpaired) electrons. The lowest BCUT2D eigenvalue weighted by Gasteiger charge is -2.25. The van der Waals surface area contributed by atoms with Crippen LogP contribution in [0.3, 0.4) is 0 Å². The van der Waals surface area contributed by atoms with Gasteiger partial charge in [-0.2, -0.15) is 37.9 Å². The molecule has 12 atom stereocenters. The molecule has 0 saturated carbocycles. The Hall–Kier alpha value is -5.10. The molecule has 0 aliphatic carbocycles. The number of thioether (sulfide) groups is 2. The van der Waals surface area contributed by atoms with Crippen LogP contribution in [-0.2, 0) is 59.2 Å². The predicted molar refractivity (Wildman–Crippen MR) is 270 cm³/mol. The summed E-state index contributed by atoms with van der Waals surface area (Å²) in [4.78, 5) is 107. The van der Waals surface area contributed by atoms with Gasteiger partial charge < -0.3 is 54.1 Å². The third-order valence-corrected chi connectivity index (χ3v) is 18.0. The number of hydrogen-bond donors (Lipinski definition) is 10. The molecular weight excluding hydrogens is 1210 g/mol. The molecule has 7 rings (SSSR count). The number of ether oxygens (including phenoxy) is 4. The number of alkyl halides is 3. The van der Waals surface area contributed by atoms with Gasteiger partial charge in [-0.05, 0) is 30.5 Å². The number of phosphoric ester groups is 2. The van der Waals surface area contributed by atoms with E-state index in [1.165, 1.54) is 48.2 Å². The number of carbonyl (C=O) groups is 2. The second-order valence-electron chi connectivity index (χ2n) is 16.4. The summed E-state index contributed by atoms with van der Waals surface area (Å²) in [6.45, 7) is -2.29. The highest BCUT2D eigenvalue weighted by Gasteiger charge is 2.53. The molecule has 2 aromatic carbocycles. The Morgan fingerprint density at radius 2 is 1.29 bits per heavy atom. The van der Waals surface area contributed by atoms with Crippen molar-refractivity contribution in [2.45, 2.75) is 66.8 Å². The molecule has 2 fully saturated rings. The summed E-state index contributed by atoms with van der Waals surface area (Å²) < 4.78 is 136. The molecule has 2 amide bonds. The number of hydrogen-bond acceptors (Lipinski definition) is 25. The normalized spacial score (nSPS) is 24.2. The largest absolute Gasteiger partial charge is 0.490 e. The Kier molecular flexibility index (Phi) is 20.6. The van der Waals surface area contributed by atoms with Crippen molar-refractivity contribution in [2.24, 2.45) is 0 Å². The Morgan fingerprint density at radius 3 is 1.85 bits per heavy atom. The Morgan fingerprint density at radius 1 is 0.738 bits per heavy atom. The van der Waals surface area contributed by atoms with Gasteiger partial charge in [-0.1, -0.05) is 48.2 Å². The number of amides is 2. The number of halogens is 3. The van der Waals surface area contributed by atoms with Crippen LogP contribution in [0.5, 0.6) is 0 Å². The lowest BCUT2D eigenvalue weighted by atomic mass is 10.1. The number of aromatic nitrogens is 6. The fraction of sp³-hybridized carbons (Fsp3) is 0.410. The first-order valence-corrected chi connectivity index (χ1v) is 30.9. The standard InChI is InChI=1S/C39H46F3N9O23P4S2/c1-79-17-14-43-31-26-32(49-35(48-31)80-16-13-39(40,41)42)51(20-44-26)33-28(54)27(53)23(68-33)18-66-75(58,59)72-77(62,63)74-78(64,65)73-76(60,61)67-19-24-29(70-37(56)45-21-8-4-2-5-9-21)30(71-38(57)46-22-10-6-3-7-11-22)34(69-24)50-15-12-25(52)47-36(50)55/h2-12,15,20,23-24,27-30,33-34,53-54H,13-14,16-19H2,1H3,(H,45,56)(H,46,57)(H,58,59)(H,60,61)(H,62,63)(H,64,65)(H,43,48,49)(H,47,52,55)/t23-,24-,27-,28-,29-,30-,33-,34-/m1/s1. The lowest BCUT2D eigenvalue weighted by Crippen LogP contribution is -2.44. The van der Waals surface area contributed by atoms with Crippen LogP contribution >= 0.6 is 54.8 Å². The number of nitrogens with zero attached hydrogens (tertiary/aromatic N) is 5. The fourth-order valence-electron chi connectivity index (χ4n) is 7.25. The fourth-order valence-corrected chi connectivity index (χ4v) is 13.3. The molecule has 2 aliphatic rings. The van der Waals surface area contributed by atoms with Crippen LogP contribution in [0.25, 0.3) is 11.2 Å². The van der Waals surface area contributed by atoms with Gasteiger partial charge in [-0.25, -0.2) is 47.6 Å². The van der Waals surface area contributed by atoms with Crippen LogP contribution in [0, 0.1) is 0 Å². The van der Waals surface area contributed by atoms with Gasteiger partial charge in [0, 0.05) is 41.7 Å². The van der Waals surface area contributed by atoms with E-state index in [1.807, 2.05) is 11.2 Å². The molecule has 5 aromatic rings. The summed E-state index contributed by atoms with van der Waals surface area (Å²) in [7, 11) is -25.0. The maximum Gasteiger partial charge on any atom is 0.490 e. The first kappa shape index (κ1) is 62.5. The van der Waals surface area contributed by atoms with Crippen molar-refractivity contribution >= 4 is 95.4 Å². The number of rotatable bonds is 25. The van der Waals surface area contributed by atoms with Gasteiger partial charge >= 0.3 is 55.3 Å². The lowest BCUT2D eigenvalue weighted by molar-refractivity contribution is -0.129. The number of aliphatic hydroxyl groups is 2. The Labute approximate surface area is 455 Å². The van der Waals surface area contributed by atoms with E-state index in [-0.39, 0.29) is 33.5 Å². The van der Waals surface area contributed by atoms with Crippen LogP contribution in [0.15, 0.2) is 94.0 Å². The predicted octanol–water partition coefficient (Wildman–Crippen LogP) is 4.43. The summed E-state index contributed by atoms with van der Waals surface area (Å²) in [5, 5.41) is 29.4. The van der Waals surface area contributed by atoms with Gasteiger partial charge in [0.05, 0.1) is 26.0 Å². The topological polar surface area (TPSA) is 441 Å². The maximum absolute atomic E-state index is 13.3. The molecule has 3 aromatic heterocycles. The summed E-state index contributed by atoms with van der Waals surface area (Å²) >= 11 is 2.11. The van der Waals surface area contributed by atoms with E-state index in [0.717, 1.165) is 23.2 Å². The number of aromatic amines is 1. The third-order valence-electron chi connectivity index (χ3n) is 10.6. The smallest absolute Gasteiger partial charge is 0.439 e. The summed E-state index contributed by atoms with van der Waals surface area (Å²) in [6, 6.07) is 16.0. The zero-order valence-electron chi connectivity index (χ0n) is 40.5. The van der Waals surface area contributed by atoms with Crippen LogP contribution < -0.4 is 27.2 Å². The first-order chi connectivity index (χ1) is 37.6. The molecule has 10 N–H and O–H groups in total. The minimum Gasteiger partial charge on any atom is -0.439 e. The summed E-state index contributed by atoms with van der Waals surface area (Å²) in [5.41, 5.74) is -1.76. The van der Waals surface area contributed by atoms with E-state index < -0.39 is 135 Å². The van der Waals surface area contributed by atoms with Crippen LogP contribution in [-0.4, -0.2) is 151 Å². The summed E-state index contributed by atoms with van der Waals surface area (Å²) in [6.07, 6.45) is -19.4. The monoisotopic (exact) mass is 1250 g/mol. The molecule has 32 nitrogen and oxygen atoms in total. The molecule has 0 bridgehead atoms. The highest BCUT2D eigenvalue weighted by molar-refractivity contribution is 7.99. The van der Waals surface area contributed by atoms with Crippen LogP contribution in [0.2, 0.25) is 0 Å². The number of anilines is 3. The van der Waals surface area contributed by atoms with E-state index in [2.05, 4.69) is 48.4 Å². The van der Waals surface area contributed by atoms with Gasteiger partial charge in [0.25, 0.3) is 5.56 Å². The molecule has 5 heterocycles. The highest BCUT2D eigenvalue weighted by Crippen LogP contribution is 2.71. The van der Waals surface area contributed by atoms with Crippen molar-refractivity contribution in [3.05, 3.63) is 100 Å². The minimum atomic E-state index is -6.47. The van der Waals surface area contributed by atoms with Crippen LogP contribution in [0.4, 0.5) is 40.0 Å². The quantitative estimate of drug-likeness (QED) is 0.0167. The first-order valence-electron chi connectivity index (χ1n) is 22.6. The second kappa shape index (κ2) is 26.4. The number of aliphatic hydroxyl groups excluding tert-OH is 2. The number of fused-ring (bicyclic) bond motifs is 1.